The second-order valence-corrected chi connectivity index (χ2v) is 6.66. The molecule has 1 aromatic carbocycles. The van der Waals surface area contributed by atoms with Crippen molar-refractivity contribution in [3.63, 3.8) is 0 Å². The summed E-state index contributed by atoms with van der Waals surface area (Å²) in [6.07, 6.45) is 3.79. The van der Waals surface area contributed by atoms with Crippen LogP contribution in [0.2, 0.25) is 0 Å². The Bertz CT molecular complexity index is 785. The van der Waals surface area contributed by atoms with Gasteiger partial charge in [-0.05, 0) is 30.2 Å². The van der Waals surface area contributed by atoms with E-state index in [1.807, 2.05) is 38.5 Å². The highest BCUT2D eigenvalue weighted by Gasteiger charge is 2.35. The zero-order valence-corrected chi connectivity index (χ0v) is 14.9. The van der Waals surface area contributed by atoms with E-state index in [9.17, 15) is 9.59 Å². The first-order chi connectivity index (χ1) is 12.4. The molecule has 8 heteroatoms. The molecular formula is C18H24N6O2. The number of hydrogen-bond acceptors (Lipinski definition) is 4. The van der Waals surface area contributed by atoms with E-state index in [1.165, 1.54) is 0 Å². The van der Waals surface area contributed by atoms with Crippen LogP contribution in [0, 0.1) is 5.92 Å². The van der Waals surface area contributed by atoms with Crippen molar-refractivity contribution in [1.82, 2.24) is 20.4 Å². The van der Waals surface area contributed by atoms with Crippen LogP contribution in [0.1, 0.15) is 30.0 Å². The predicted molar refractivity (Wildman–Crippen MR) is 98.5 cm³/mol. The highest BCUT2D eigenvalue weighted by atomic mass is 16.2. The number of anilines is 1. The quantitative estimate of drug-likeness (QED) is 0.642. The number of carbonyl (C=O) groups excluding carboxylic acids is 2. The van der Waals surface area contributed by atoms with E-state index in [-0.39, 0.29) is 23.8 Å². The number of nitrogens with zero attached hydrogens (tertiary/aromatic N) is 2. The molecule has 0 saturated carbocycles. The zero-order valence-electron chi connectivity index (χ0n) is 14.9. The molecule has 2 aromatic rings. The number of nitrogens with two attached hydrogens (primary N) is 1. The topological polar surface area (TPSA) is 114 Å². The van der Waals surface area contributed by atoms with Crippen LogP contribution in [0.25, 0.3) is 0 Å². The Balaban J connectivity index is 1.64. The number of benzene rings is 1. The molecule has 138 valence electrons. The van der Waals surface area contributed by atoms with Crippen LogP contribution in [0.15, 0.2) is 36.7 Å². The van der Waals surface area contributed by atoms with Gasteiger partial charge in [0.2, 0.25) is 5.91 Å². The third kappa shape index (κ3) is 4.02. The fourth-order valence-corrected chi connectivity index (χ4v) is 3.34. The second kappa shape index (κ2) is 7.57. The maximum Gasteiger partial charge on any atom is 0.316 e. The van der Waals surface area contributed by atoms with Crippen LogP contribution in [0.4, 0.5) is 10.5 Å². The Morgan fingerprint density at radius 3 is 2.65 bits per heavy atom. The van der Waals surface area contributed by atoms with Gasteiger partial charge in [0.05, 0.1) is 18.2 Å². The average Bonchev–Trinajstić information content (AvgIpc) is 3.23. The van der Waals surface area contributed by atoms with Crippen molar-refractivity contribution in [2.75, 3.05) is 18.4 Å². The summed E-state index contributed by atoms with van der Waals surface area (Å²) in [7, 11) is 1.87. The van der Waals surface area contributed by atoms with Crippen LogP contribution >= 0.6 is 0 Å². The van der Waals surface area contributed by atoms with Crippen molar-refractivity contribution in [2.24, 2.45) is 18.7 Å². The number of carbonyl (C=O) groups is 2. The van der Waals surface area contributed by atoms with Crippen molar-refractivity contribution in [1.29, 1.82) is 0 Å². The van der Waals surface area contributed by atoms with Crippen LogP contribution in [0.5, 0.6) is 0 Å². The number of primary amides is 1. The van der Waals surface area contributed by atoms with Crippen molar-refractivity contribution in [2.45, 2.75) is 18.9 Å². The Labute approximate surface area is 152 Å². The Hall–Kier alpha value is -2.87. The van der Waals surface area contributed by atoms with Crippen LogP contribution < -0.4 is 21.7 Å². The first-order valence-electron chi connectivity index (χ1n) is 8.60. The van der Waals surface area contributed by atoms with E-state index in [0.717, 1.165) is 17.7 Å². The summed E-state index contributed by atoms with van der Waals surface area (Å²) >= 11 is 0. The van der Waals surface area contributed by atoms with Gasteiger partial charge >= 0.3 is 6.03 Å². The smallest absolute Gasteiger partial charge is 0.316 e. The van der Waals surface area contributed by atoms with Crippen molar-refractivity contribution < 1.29 is 9.59 Å². The van der Waals surface area contributed by atoms with Crippen LogP contribution in [-0.4, -0.2) is 34.8 Å². The molecule has 2 heterocycles. The van der Waals surface area contributed by atoms with Gasteiger partial charge in [0.1, 0.15) is 0 Å². The minimum Gasteiger partial charge on any atom is -0.351 e. The first-order valence-corrected chi connectivity index (χ1v) is 8.60. The van der Waals surface area contributed by atoms with Gasteiger partial charge in [0.15, 0.2) is 0 Å². The van der Waals surface area contributed by atoms with Crippen molar-refractivity contribution >= 4 is 17.6 Å². The lowest BCUT2D eigenvalue weighted by Crippen LogP contribution is -2.36. The molecule has 26 heavy (non-hydrogen) atoms. The van der Waals surface area contributed by atoms with Gasteiger partial charge in [0.25, 0.3) is 0 Å². The Kier molecular flexibility index (Phi) is 5.22. The summed E-state index contributed by atoms with van der Waals surface area (Å²) in [6.45, 7) is 3.36. The molecule has 3 atom stereocenters. The molecule has 3 amide bonds. The van der Waals surface area contributed by atoms with Crippen molar-refractivity contribution in [3.05, 3.63) is 47.8 Å². The minimum absolute atomic E-state index is 0.0238. The molecule has 3 rings (SSSR count). The maximum absolute atomic E-state index is 12.8. The molecule has 1 aliphatic rings. The van der Waals surface area contributed by atoms with E-state index >= 15 is 0 Å². The fraction of sp³-hybridized carbons (Fsp3) is 0.389. The Morgan fingerprint density at radius 2 is 2.04 bits per heavy atom. The van der Waals surface area contributed by atoms with Crippen molar-refractivity contribution in [3.8, 4) is 0 Å². The molecule has 0 aliphatic carbocycles. The molecule has 0 spiro atoms. The van der Waals surface area contributed by atoms with E-state index < -0.39 is 6.03 Å². The summed E-state index contributed by atoms with van der Waals surface area (Å²) in [4.78, 5) is 23.7. The van der Waals surface area contributed by atoms with Gasteiger partial charge in [-0.1, -0.05) is 12.1 Å². The number of hydrogen-bond donors (Lipinski definition) is 4. The fourth-order valence-electron chi connectivity index (χ4n) is 3.34. The van der Waals surface area contributed by atoms with Gasteiger partial charge in [0, 0.05) is 37.9 Å². The molecule has 1 fully saturated rings. The second-order valence-electron chi connectivity index (χ2n) is 6.66. The number of aryl methyl sites for hydroxylation is 1. The summed E-state index contributed by atoms with van der Waals surface area (Å²) < 4.78 is 1.76. The number of urea groups is 1. The molecule has 0 radical (unpaired) electrons. The normalized spacial score (nSPS) is 20.5. The highest BCUT2D eigenvalue weighted by molar-refractivity contribution is 5.87. The number of amides is 3. The van der Waals surface area contributed by atoms with Gasteiger partial charge in [-0.2, -0.15) is 5.10 Å². The minimum atomic E-state index is -0.603. The van der Waals surface area contributed by atoms with E-state index in [1.54, 1.807) is 16.8 Å². The maximum atomic E-state index is 12.8. The van der Waals surface area contributed by atoms with Gasteiger partial charge in [-0.15, -0.1) is 0 Å². The third-order valence-electron chi connectivity index (χ3n) is 4.74. The summed E-state index contributed by atoms with van der Waals surface area (Å²) in [5.74, 6) is 0.0196. The average molecular weight is 356 g/mol. The first kappa shape index (κ1) is 17.9. The molecule has 0 bridgehead atoms. The number of aromatic nitrogens is 2. The lowest BCUT2D eigenvalue weighted by molar-refractivity contribution is -0.125. The molecule has 1 aromatic heterocycles. The highest BCUT2D eigenvalue weighted by Crippen LogP contribution is 2.28. The van der Waals surface area contributed by atoms with Crippen LogP contribution in [-0.2, 0) is 11.8 Å². The molecule has 5 N–H and O–H groups in total. The van der Waals surface area contributed by atoms with Gasteiger partial charge in [-0.25, -0.2) is 4.79 Å². The molecule has 1 aliphatic heterocycles. The SMILES string of the molecule is CC(NC(=O)[C@H]1CNC[C@@H]1c1cnn(C)c1)c1ccc(NC(N)=O)cc1. The summed E-state index contributed by atoms with van der Waals surface area (Å²) in [6, 6.07) is 6.51. The summed E-state index contributed by atoms with van der Waals surface area (Å²) in [5.41, 5.74) is 7.76. The monoisotopic (exact) mass is 356 g/mol. The van der Waals surface area contributed by atoms with Gasteiger partial charge in [-0.3, -0.25) is 9.48 Å². The lowest BCUT2D eigenvalue weighted by atomic mass is 9.90. The predicted octanol–water partition coefficient (Wildman–Crippen LogP) is 1.09. The van der Waals surface area contributed by atoms with E-state index in [2.05, 4.69) is 21.0 Å². The van der Waals surface area contributed by atoms with E-state index in [0.29, 0.717) is 12.2 Å². The molecular weight excluding hydrogens is 332 g/mol. The molecule has 1 unspecified atom stereocenters. The molecule has 1 saturated heterocycles. The molecule has 8 nitrogen and oxygen atoms in total. The standard InChI is InChI=1S/C18H24N6O2/c1-11(12-3-5-14(6-4-12)23-18(19)26)22-17(25)16-9-20-8-15(16)13-7-21-24(2)10-13/h3-7,10-11,15-16,20H,8-9H2,1-2H3,(H,22,25)(H3,19,23,26)/t11?,15-,16+/m1/s1. The summed E-state index contributed by atoms with van der Waals surface area (Å²) in [5, 5.41) is 13.1. The Morgan fingerprint density at radius 1 is 1.31 bits per heavy atom. The van der Waals surface area contributed by atoms with Crippen LogP contribution in [0.3, 0.4) is 0 Å². The zero-order chi connectivity index (χ0) is 18.7. The third-order valence-corrected chi connectivity index (χ3v) is 4.74. The van der Waals surface area contributed by atoms with Gasteiger partial charge < -0.3 is 21.7 Å². The largest absolute Gasteiger partial charge is 0.351 e. The number of nitrogens with one attached hydrogen (secondary N) is 3. The number of rotatable bonds is 5. The van der Waals surface area contributed by atoms with E-state index in [4.69, 9.17) is 5.73 Å². The lowest BCUT2D eigenvalue weighted by Gasteiger charge is -2.21.